The predicted octanol–water partition coefficient (Wildman–Crippen LogP) is 4.40. The molecule has 0 radical (unpaired) electrons. The summed E-state index contributed by atoms with van der Waals surface area (Å²) in [5.41, 5.74) is 1.62. The summed E-state index contributed by atoms with van der Waals surface area (Å²) in [6, 6.07) is 13.3. The standard InChI is InChI=1S/C24H19NO6/c1-14-4-6-17-19(12-14)30-22(16-5-7-18(28-2)20(13-16)29-3)23(21(17)26)31-24(27)15-8-10-25-11-9-15/h4-13H,1-3H3. The van der Waals surface area contributed by atoms with Gasteiger partial charge in [-0.3, -0.25) is 9.78 Å². The van der Waals surface area contributed by atoms with Gasteiger partial charge in [0.05, 0.1) is 25.2 Å². The van der Waals surface area contributed by atoms with Crippen LogP contribution in [0.5, 0.6) is 17.2 Å². The largest absolute Gasteiger partial charge is 0.493 e. The number of ether oxygens (including phenoxy) is 3. The smallest absolute Gasteiger partial charge is 0.343 e. The quantitative estimate of drug-likeness (QED) is 0.445. The number of carbonyl (C=O) groups excluding carboxylic acids is 1. The normalized spacial score (nSPS) is 10.7. The lowest BCUT2D eigenvalue weighted by molar-refractivity contribution is 0.0731. The lowest BCUT2D eigenvalue weighted by Crippen LogP contribution is -2.16. The summed E-state index contributed by atoms with van der Waals surface area (Å²) in [6.45, 7) is 1.90. The van der Waals surface area contributed by atoms with Crippen molar-refractivity contribution in [3.8, 4) is 28.6 Å². The summed E-state index contributed by atoms with van der Waals surface area (Å²) in [6.07, 6.45) is 2.94. The van der Waals surface area contributed by atoms with Crippen molar-refractivity contribution in [1.82, 2.24) is 4.98 Å². The van der Waals surface area contributed by atoms with E-state index in [0.717, 1.165) is 5.56 Å². The molecule has 0 bridgehead atoms. The number of hydrogen-bond acceptors (Lipinski definition) is 7. The summed E-state index contributed by atoms with van der Waals surface area (Å²) in [5, 5.41) is 0.312. The van der Waals surface area contributed by atoms with Crippen LogP contribution in [0.4, 0.5) is 0 Å². The van der Waals surface area contributed by atoms with E-state index in [1.54, 1.807) is 36.4 Å². The van der Waals surface area contributed by atoms with Gasteiger partial charge in [0.1, 0.15) is 5.58 Å². The molecule has 0 unspecified atom stereocenters. The maximum atomic E-state index is 13.3. The second kappa shape index (κ2) is 8.31. The van der Waals surface area contributed by atoms with E-state index in [4.69, 9.17) is 18.6 Å². The number of esters is 1. The zero-order valence-electron chi connectivity index (χ0n) is 17.2. The number of aryl methyl sites for hydroxylation is 1. The monoisotopic (exact) mass is 417 g/mol. The van der Waals surface area contributed by atoms with Gasteiger partial charge in [0.15, 0.2) is 17.3 Å². The lowest BCUT2D eigenvalue weighted by Gasteiger charge is -2.13. The summed E-state index contributed by atoms with van der Waals surface area (Å²) in [7, 11) is 3.03. The Morgan fingerprint density at radius 1 is 0.935 bits per heavy atom. The molecule has 4 aromatic rings. The number of carbonyl (C=O) groups is 1. The third-order valence-corrected chi connectivity index (χ3v) is 4.76. The van der Waals surface area contributed by atoms with E-state index in [1.807, 2.05) is 6.92 Å². The SMILES string of the molecule is COc1ccc(-c2oc3cc(C)ccc3c(=O)c2OC(=O)c2ccncc2)cc1OC. The molecule has 2 aromatic heterocycles. The third kappa shape index (κ3) is 3.85. The maximum Gasteiger partial charge on any atom is 0.343 e. The fraction of sp³-hybridized carbons (Fsp3) is 0.125. The van der Waals surface area contributed by atoms with E-state index in [2.05, 4.69) is 4.98 Å². The maximum absolute atomic E-state index is 13.3. The number of hydrogen-bond donors (Lipinski definition) is 0. The molecule has 4 rings (SSSR count). The Hall–Kier alpha value is -4.13. The number of aromatic nitrogens is 1. The van der Waals surface area contributed by atoms with Crippen molar-refractivity contribution in [3.05, 3.63) is 82.3 Å². The van der Waals surface area contributed by atoms with E-state index in [-0.39, 0.29) is 17.1 Å². The van der Waals surface area contributed by atoms with Gasteiger partial charge in [-0.2, -0.15) is 0 Å². The van der Waals surface area contributed by atoms with E-state index < -0.39 is 11.4 Å². The van der Waals surface area contributed by atoms with Crippen molar-refractivity contribution in [2.24, 2.45) is 0 Å². The molecule has 0 fully saturated rings. The first-order valence-corrected chi connectivity index (χ1v) is 9.44. The number of fused-ring (bicyclic) bond motifs is 1. The molecule has 0 saturated heterocycles. The van der Waals surface area contributed by atoms with Gasteiger partial charge in [0, 0.05) is 18.0 Å². The predicted molar refractivity (Wildman–Crippen MR) is 115 cm³/mol. The summed E-state index contributed by atoms with van der Waals surface area (Å²) < 4.78 is 22.3. The Morgan fingerprint density at radius 3 is 2.39 bits per heavy atom. The molecule has 0 atom stereocenters. The molecule has 7 heteroatoms. The van der Waals surface area contributed by atoms with Gasteiger partial charge >= 0.3 is 5.97 Å². The Bertz CT molecular complexity index is 1330. The van der Waals surface area contributed by atoms with E-state index >= 15 is 0 Å². The zero-order valence-corrected chi connectivity index (χ0v) is 17.2. The summed E-state index contributed by atoms with van der Waals surface area (Å²) >= 11 is 0. The number of benzene rings is 2. The molecular weight excluding hydrogens is 398 g/mol. The van der Waals surface area contributed by atoms with Crippen LogP contribution in [0.2, 0.25) is 0 Å². The van der Waals surface area contributed by atoms with Gasteiger partial charge in [-0.1, -0.05) is 6.07 Å². The first kappa shape index (κ1) is 20.2. The van der Waals surface area contributed by atoms with Crippen molar-refractivity contribution >= 4 is 16.9 Å². The Morgan fingerprint density at radius 2 is 1.68 bits per heavy atom. The number of pyridine rings is 1. The van der Waals surface area contributed by atoms with Crippen LogP contribution in [0.25, 0.3) is 22.3 Å². The Kier molecular flexibility index (Phi) is 5.41. The van der Waals surface area contributed by atoms with Gasteiger partial charge in [-0.25, -0.2) is 4.79 Å². The first-order chi connectivity index (χ1) is 15.0. The summed E-state index contributed by atoms with van der Waals surface area (Å²) in [5.74, 6) is 0.179. The minimum absolute atomic E-state index is 0.117. The second-order valence-electron chi connectivity index (χ2n) is 6.78. The number of nitrogens with zero attached hydrogens (tertiary/aromatic N) is 1. The van der Waals surface area contributed by atoms with Crippen molar-refractivity contribution < 1.29 is 23.4 Å². The van der Waals surface area contributed by atoms with Gasteiger partial charge in [0.25, 0.3) is 0 Å². The van der Waals surface area contributed by atoms with Crippen molar-refractivity contribution in [1.29, 1.82) is 0 Å². The molecule has 0 spiro atoms. The van der Waals surface area contributed by atoms with Crippen molar-refractivity contribution in [3.63, 3.8) is 0 Å². The zero-order chi connectivity index (χ0) is 22.0. The van der Waals surface area contributed by atoms with Gasteiger partial charge < -0.3 is 18.6 Å². The molecule has 2 aromatic carbocycles. The average Bonchev–Trinajstić information content (AvgIpc) is 2.80. The number of methoxy groups -OCH3 is 2. The molecule has 0 saturated carbocycles. The molecule has 2 heterocycles. The van der Waals surface area contributed by atoms with Crippen LogP contribution in [0.1, 0.15) is 15.9 Å². The lowest BCUT2D eigenvalue weighted by atomic mass is 10.1. The topological polar surface area (TPSA) is 87.9 Å². The van der Waals surface area contributed by atoms with Crippen LogP contribution >= 0.6 is 0 Å². The Balaban J connectivity index is 1.93. The minimum Gasteiger partial charge on any atom is -0.493 e. The van der Waals surface area contributed by atoms with Crippen LogP contribution in [0.15, 0.2) is 70.1 Å². The molecule has 0 N–H and O–H groups in total. The average molecular weight is 417 g/mol. The minimum atomic E-state index is -0.692. The van der Waals surface area contributed by atoms with E-state index in [1.165, 1.54) is 38.7 Å². The molecule has 0 aliphatic rings. The molecule has 0 amide bonds. The van der Waals surface area contributed by atoms with Crippen LogP contribution in [0, 0.1) is 6.92 Å². The molecule has 31 heavy (non-hydrogen) atoms. The summed E-state index contributed by atoms with van der Waals surface area (Å²) in [4.78, 5) is 29.8. The van der Waals surface area contributed by atoms with Gasteiger partial charge in [0.2, 0.25) is 11.2 Å². The van der Waals surface area contributed by atoms with Crippen LogP contribution in [0.3, 0.4) is 0 Å². The fourth-order valence-corrected chi connectivity index (χ4v) is 3.18. The molecule has 7 nitrogen and oxygen atoms in total. The second-order valence-corrected chi connectivity index (χ2v) is 6.78. The van der Waals surface area contributed by atoms with Crippen LogP contribution in [-0.4, -0.2) is 25.2 Å². The highest BCUT2D eigenvalue weighted by molar-refractivity contribution is 5.93. The van der Waals surface area contributed by atoms with Crippen molar-refractivity contribution in [2.45, 2.75) is 6.92 Å². The van der Waals surface area contributed by atoms with E-state index in [0.29, 0.717) is 28.0 Å². The Labute approximate surface area is 177 Å². The highest BCUT2D eigenvalue weighted by Crippen LogP contribution is 2.37. The van der Waals surface area contributed by atoms with Crippen LogP contribution < -0.4 is 19.6 Å². The van der Waals surface area contributed by atoms with E-state index in [9.17, 15) is 9.59 Å². The highest BCUT2D eigenvalue weighted by Gasteiger charge is 2.22. The molecular formula is C24H19NO6. The van der Waals surface area contributed by atoms with Crippen LogP contribution in [-0.2, 0) is 0 Å². The van der Waals surface area contributed by atoms with Gasteiger partial charge in [-0.15, -0.1) is 0 Å². The molecule has 0 aliphatic carbocycles. The number of rotatable bonds is 5. The first-order valence-electron chi connectivity index (χ1n) is 9.44. The van der Waals surface area contributed by atoms with Crippen molar-refractivity contribution in [2.75, 3.05) is 14.2 Å². The highest BCUT2D eigenvalue weighted by atomic mass is 16.5. The molecule has 156 valence electrons. The molecule has 0 aliphatic heterocycles. The van der Waals surface area contributed by atoms with Gasteiger partial charge in [-0.05, 0) is 55.0 Å². The fourth-order valence-electron chi connectivity index (χ4n) is 3.18. The third-order valence-electron chi connectivity index (χ3n) is 4.76.